The molecule has 2 aromatic rings. The number of hydrogen-bond donors (Lipinski definition) is 1. The molecule has 0 spiro atoms. The van der Waals surface area contributed by atoms with Crippen LogP contribution in [0.4, 0.5) is 0 Å². The third kappa shape index (κ3) is 2.77. The third-order valence-electron chi connectivity index (χ3n) is 4.70. The Morgan fingerprint density at radius 1 is 1.19 bits per heavy atom. The number of nitrogens with zero attached hydrogens (tertiary/aromatic N) is 1. The lowest BCUT2D eigenvalue weighted by atomic mass is 9.75. The van der Waals surface area contributed by atoms with Crippen molar-refractivity contribution in [2.75, 3.05) is 0 Å². The highest BCUT2D eigenvalue weighted by atomic mass is 16.3. The van der Waals surface area contributed by atoms with E-state index in [4.69, 9.17) is 0 Å². The highest BCUT2D eigenvalue weighted by molar-refractivity contribution is 5.32. The Labute approximate surface area is 127 Å². The topological polar surface area (TPSA) is 25.2 Å². The Hall–Kier alpha value is -1.54. The first-order chi connectivity index (χ1) is 10.00. The van der Waals surface area contributed by atoms with Crippen molar-refractivity contribution in [1.29, 1.82) is 0 Å². The second-order valence-electron chi connectivity index (χ2n) is 7.03. The molecule has 1 heterocycles. The fourth-order valence-electron chi connectivity index (χ4n) is 3.58. The zero-order chi connectivity index (χ0) is 15.0. The molecule has 0 bridgehead atoms. The van der Waals surface area contributed by atoms with Crippen LogP contribution in [0.5, 0.6) is 0 Å². The number of benzene rings is 1. The first kappa shape index (κ1) is 14.4. The molecule has 0 aliphatic heterocycles. The molecular formula is C19H25NO. The van der Waals surface area contributed by atoms with Gasteiger partial charge in [0.15, 0.2) is 0 Å². The van der Waals surface area contributed by atoms with Crippen LogP contribution in [0.15, 0.2) is 36.5 Å². The fourth-order valence-corrected chi connectivity index (χ4v) is 3.58. The van der Waals surface area contributed by atoms with Crippen LogP contribution in [0.25, 0.3) is 0 Å². The summed E-state index contributed by atoms with van der Waals surface area (Å²) in [4.78, 5) is 0. The van der Waals surface area contributed by atoms with Crippen LogP contribution in [-0.2, 0) is 19.4 Å². The summed E-state index contributed by atoms with van der Waals surface area (Å²) in [7, 11) is 0. The lowest BCUT2D eigenvalue weighted by molar-refractivity contribution is 0.0981. The first-order valence-electron chi connectivity index (χ1n) is 7.93. The van der Waals surface area contributed by atoms with Gasteiger partial charge in [-0.3, -0.25) is 0 Å². The Bertz CT molecular complexity index is 639. The van der Waals surface area contributed by atoms with Gasteiger partial charge < -0.3 is 9.67 Å². The van der Waals surface area contributed by atoms with E-state index in [2.05, 4.69) is 61.9 Å². The number of aliphatic hydroxyl groups is 1. The van der Waals surface area contributed by atoms with Crippen molar-refractivity contribution in [3.8, 4) is 0 Å². The Morgan fingerprint density at radius 2 is 1.90 bits per heavy atom. The second kappa shape index (κ2) is 5.34. The van der Waals surface area contributed by atoms with Gasteiger partial charge in [0.2, 0.25) is 0 Å². The number of aliphatic hydroxyl groups excluding tert-OH is 1. The standard InChI is InChI=1S/C19H25NO/c1-4-14-7-5-6-8-15(14)13-20-10-9-16-17(20)11-19(2,3)12-18(16)21/h5-10,18,21H,4,11-13H2,1-3H3. The van der Waals surface area contributed by atoms with E-state index in [1.54, 1.807) is 0 Å². The average molecular weight is 283 g/mol. The molecule has 3 rings (SSSR count). The molecule has 21 heavy (non-hydrogen) atoms. The van der Waals surface area contributed by atoms with Gasteiger partial charge in [0.1, 0.15) is 0 Å². The SMILES string of the molecule is CCc1ccccc1Cn1ccc2c1CC(C)(C)CC2O. The van der Waals surface area contributed by atoms with Crippen LogP contribution in [0, 0.1) is 5.41 Å². The predicted octanol–water partition coefficient (Wildman–Crippen LogP) is 4.10. The van der Waals surface area contributed by atoms with E-state index in [0.717, 1.165) is 31.4 Å². The maximum Gasteiger partial charge on any atom is 0.0812 e. The molecule has 112 valence electrons. The summed E-state index contributed by atoms with van der Waals surface area (Å²) < 4.78 is 2.33. The monoisotopic (exact) mass is 283 g/mol. The van der Waals surface area contributed by atoms with Gasteiger partial charge in [-0.2, -0.15) is 0 Å². The molecular weight excluding hydrogens is 258 g/mol. The minimum atomic E-state index is -0.314. The Morgan fingerprint density at radius 3 is 2.62 bits per heavy atom. The van der Waals surface area contributed by atoms with Crippen molar-refractivity contribution in [3.63, 3.8) is 0 Å². The number of fused-ring (bicyclic) bond motifs is 1. The van der Waals surface area contributed by atoms with Gasteiger partial charge in [-0.1, -0.05) is 45.0 Å². The van der Waals surface area contributed by atoms with E-state index in [9.17, 15) is 5.11 Å². The molecule has 0 fully saturated rings. The molecule has 1 aliphatic rings. The van der Waals surface area contributed by atoms with E-state index >= 15 is 0 Å². The van der Waals surface area contributed by atoms with E-state index in [1.165, 1.54) is 16.8 Å². The van der Waals surface area contributed by atoms with E-state index in [0.29, 0.717) is 0 Å². The number of aromatic nitrogens is 1. The van der Waals surface area contributed by atoms with Crippen molar-refractivity contribution in [2.45, 2.75) is 52.7 Å². The zero-order valence-corrected chi connectivity index (χ0v) is 13.3. The maximum absolute atomic E-state index is 10.4. The van der Waals surface area contributed by atoms with Crippen LogP contribution in [0.2, 0.25) is 0 Å². The van der Waals surface area contributed by atoms with Crippen LogP contribution in [0.1, 0.15) is 55.7 Å². The van der Waals surface area contributed by atoms with E-state index in [-0.39, 0.29) is 11.5 Å². The summed E-state index contributed by atoms with van der Waals surface area (Å²) in [6, 6.07) is 10.8. The molecule has 1 aliphatic carbocycles. The molecule has 0 saturated heterocycles. The summed E-state index contributed by atoms with van der Waals surface area (Å²) in [5.41, 5.74) is 5.41. The summed E-state index contributed by atoms with van der Waals surface area (Å²) in [5, 5.41) is 10.4. The molecule has 1 aromatic carbocycles. The van der Waals surface area contributed by atoms with Crippen molar-refractivity contribution in [3.05, 3.63) is 58.9 Å². The van der Waals surface area contributed by atoms with Crippen LogP contribution in [-0.4, -0.2) is 9.67 Å². The zero-order valence-electron chi connectivity index (χ0n) is 13.3. The summed E-state index contributed by atoms with van der Waals surface area (Å²) in [6.07, 6.45) is 4.79. The molecule has 2 heteroatoms. The first-order valence-corrected chi connectivity index (χ1v) is 7.93. The van der Waals surface area contributed by atoms with Gasteiger partial charge in [0, 0.05) is 24.0 Å². The minimum absolute atomic E-state index is 0.173. The van der Waals surface area contributed by atoms with E-state index < -0.39 is 0 Å². The average Bonchev–Trinajstić information content (AvgIpc) is 2.81. The van der Waals surface area contributed by atoms with Crippen LogP contribution < -0.4 is 0 Å². The van der Waals surface area contributed by atoms with Gasteiger partial charge in [-0.15, -0.1) is 0 Å². The largest absolute Gasteiger partial charge is 0.388 e. The quantitative estimate of drug-likeness (QED) is 0.901. The van der Waals surface area contributed by atoms with Crippen molar-refractivity contribution < 1.29 is 5.11 Å². The number of rotatable bonds is 3. The molecule has 1 N–H and O–H groups in total. The summed E-state index contributed by atoms with van der Waals surface area (Å²) in [6.45, 7) is 7.60. The number of hydrogen-bond acceptors (Lipinski definition) is 1. The van der Waals surface area contributed by atoms with Crippen molar-refractivity contribution in [1.82, 2.24) is 4.57 Å². The lowest BCUT2D eigenvalue weighted by Gasteiger charge is -2.34. The smallest absolute Gasteiger partial charge is 0.0812 e. The number of aryl methyl sites for hydroxylation is 1. The van der Waals surface area contributed by atoms with Crippen LogP contribution in [0.3, 0.4) is 0 Å². The molecule has 0 amide bonds. The third-order valence-corrected chi connectivity index (χ3v) is 4.70. The lowest BCUT2D eigenvalue weighted by Crippen LogP contribution is -2.27. The van der Waals surface area contributed by atoms with Gasteiger partial charge >= 0.3 is 0 Å². The van der Waals surface area contributed by atoms with E-state index in [1.807, 2.05) is 0 Å². The molecule has 0 saturated carbocycles. The van der Waals surface area contributed by atoms with Gasteiger partial charge in [-0.25, -0.2) is 0 Å². The van der Waals surface area contributed by atoms with Crippen molar-refractivity contribution >= 4 is 0 Å². The summed E-state index contributed by atoms with van der Waals surface area (Å²) >= 11 is 0. The fraction of sp³-hybridized carbons (Fsp3) is 0.474. The minimum Gasteiger partial charge on any atom is -0.388 e. The molecule has 1 atom stereocenters. The Balaban J connectivity index is 1.95. The highest BCUT2D eigenvalue weighted by Gasteiger charge is 2.33. The van der Waals surface area contributed by atoms with Gasteiger partial charge in [-0.05, 0) is 41.9 Å². The normalized spacial score (nSPS) is 20.3. The predicted molar refractivity (Wildman–Crippen MR) is 86.4 cm³/mol. The maximum atomic E-state index is 10.4. The van der Waals surface area contributed by atoms with Crippen LogP contribution >= 0.6 is 0 Å². The van der Waals surface area contributed by atoms with Gasteiger partial charge in [0.25, 0.3) is 0 Å². The molecule has 1 aromatic heterocycles. The molecule has 0 radical (unpaired) electrons. The second-order valence-corrected chi connectivity index (χ2v) is 7.03. The molecule has 1 unspecified atom stereocenters. The van der Waals surface area contributed by atoms with Crippen molar-refractivity contribution in [2.24, 2.45) is 5.41 Å². The van der Waals surface area contributed by atoms with Gasteiger partial charge in [0.05, 0.1) is 6.10 Å². The summed E-state index contributed by atoms with van der Waals surface area (Å²) in [5.74, 6) is 0. The Kier molecular flexibility index (Phi) is 3.66. The molecule has 2 nitrogen and oxygen atoms in total. The highest BCUT2D eigenvalue weighted by Crippen LogP contribution is 2.41.